The van der Waals surface area contributed by atoms with Crippen molar-refractivity contribution < 1.29 is 9.53 Å². The number of methoxy groups -OCH3 is 1. The molecule has 0 saturated heterocycles. The monoisotopic (exact) mass is 371 g/mol. The van der Waals surface area contributed by atoms with Gasteiger partial charge in [-0.3, -0.25) is 0 Å². The van der Waals surface area contributed by atoms with Crippen LogP contribution >= 0.6 is 0 Å². The summed E-state index contributed by atoms with van der Waals surface area (Å²) in [6.07, 6.45) is 1.63. The van der Waals surface area contributed by atoms with E-state index < -0.39 is 0 Å². The molecule has 2 rings (SSSR count). The predicted molar refractivity (Wildman–Crippen MR) is 109 cm³/mol. The van der Waals surface area contributed by atoms with Crippen LogP contribution < -0.4 is 15.5 Å². The number of aryl methyl sites for hydroxylation is 1. The standard InChI is InChI=1S/C20H29N5O2/c1-14-7-9-16(10-8-14)25(19(26)24-20(3,4)5)17-11-12-21-18(23-17)22-15(2)13-27-6/h7-12,15H,13H2,1-6H3,(H,24,26)(H,21,22,23). The van der Waals surface area contributed by atoms with Crippen molar-refractivity contribution in [2.75, 3.05) is 23.9 Å². The van der Waals surface area contributed by atoms with Crippen LogP contribution in [0.25, 0.3) is 0 Å². The third kappa shape index (κ3) is 6.21. The number of hydrogen-bond donors (Lipinski definition) is 2. The molecule has 1 unspecified atom stereocenters. The van der Waals surface area contributed by atoms with Gasteiger partial charge in [-0.1, -0.05) is 17.7 Å². The van der Waals surface area contributed by atoms with Gasteiger partial charge in [0.1, 0.15) is 5.82 Å². The van der Waals surface area contributed by atoms with E-state index in [9.17, 15) is 4.79 Å². The van der Waals surface area contributed by atoms with Crippen LogP contribution in [0.15, 0.2) is 36.5 Å². The van der Waals surface area contributed by atoms with E-state index in [1.807, 2.05) is 58.9 Å². The number of carbonyl (C=O) groups excluding carboxylic acids is 1. The fourth-order valence-corrected chi connectivity index (χ4v) is 2.48. The Morgan fingerprint density at radius 2 is 1.89 bits per heavy atom. The SMILES string of the molecule is COCC(C)Nc1nccc(N(C(=O)NC(C)(C)C)c2ccc(C)cc2)n1. The Morgan fingerprint density at radius 3 is 2.48 bits per heavy atom. The molecule has 0 saturated carbocycles. The van der Waals surface area contributed by atoms with E-state index in [0.717, 1.165) is 11.3 Å². The van der Waals surface area contributed by atoms with Crippen molar-refractivity contribution in [2.45, 2.75) is 46.2 Å². The Kier molecular flexibility index (Phi) is 6.74. The van der Waals surface area contributed by atoms with Crippen LogP contribution in [-0.2, 0) is 4.74 Å². The quantitative estimate of drug-likeness (QED) is 0.806. The molecule has 7 heteroatoms. The number of rotatable bonds is 6. The maximum absolute atomic E-state index is 13.0. The van der Waals surface area contributed by atoms with Gasteiger partial charge in [-0.15, -0.1) is 0 Å². The first-order valence-corrected chi connectivity index (χ1v) is 8.97. The van der Waals surface area contributed by atoms with Gasteiger partial charge in [-0.25, -0.2) is 14.7 Å². The first-order chi connectivity index (χ1) is 12.7. The number of benzene rings is 1. The second kappa shape index (κ2) is 8.81. The van der Waals surface area contributed by atoms with Gasteiger partial charge in [0, 0.05) is 31.0 Å². The lowest BCUT2D eigenvalue weighted by molar-refractivity contribution is 0.190. The number of carbonyl (C=O) groups is 1. The molecule has 7 nitrogen and oxygen atoms in total. The highest BCUT2D eigenvalue weighted by Crippen LogP contribution is 2.25. The molecular formula is C20H29N5O2. The molecule has 0 aliphatic carbocycles. The molecule has 0 fully saturated rings. The molecule has 0 aliphatic heterocycles. The zero-order valence-electron chi connectivity index (χ0n) is 16.9. The highest BCUT2D eigenvalue weighted by atomic mass is 16.5. The Hall–Kier alpha value is -2.67. The molecule has 1 aromatic heterocycles. The van der Waals surface area contributed by atoms with E-state index in [4.69, 9.17) is 4.74 Å². The fourth-order valence-electron chi connectivity index (χ4n) is 2.48. The third-order valence-electron chi connectivity index (χ3n) is 3.64. The van der Waals surface area contributed by atoms with Crippen LogP contribution in [0, 0.1) is 6.92 Å². The minimum absolute atomic E-state index is 0.0430. The molecule has 1 atom stereocenters. The van der Waals surface area contributed by atoms with Crippen molar-refractivity contribution in [2.24, 2.45) is 0 Å². The number of nitrogens with zero attached hydrogens (tertiary/aromatic N) is 3. The maximum atomic E-state index is 13.0. The normalized spacial score (nSPS) is 12.4. The van der Waals surface area contributed by atoms with Gasteiger partial charge in [0.2, 0.25) is 5.95 Å². The average molecular weight is 371 g/mol. The molecule has 27 heavy (non-hydrogen) atoms. The Labute approximate surface area is 161 Å². The second-order valence-corrected chi connectivity index (χ2v) is 7.59. The molecule has 146 valence electrons. The van der Waals surface area contributed by atoms with Crippen molar-refractivity contribution in [1.29, 1.82) is 0 Å². The molecule has 2 N–H and O–H groups in total. The predicted octanol–water partition coefficient (Wildman–Crippen LogP) is 3.88. The molecule has 0 bridgehead atoms. The van der Waals surface area contributed by atoms with Gasteiger partial charge in [-0.05, 0) is 46.8 Å². The molecule has 0 aliphatic rings. The number of nitrogens with one attached hydrogen (secondary N) is 2. The molecule has 0 radical (unpaired) electrons. The third-order valence-corrected chi connectivity index (χ3v) is 3.64. The first-order valence-electron chi connectivity index (χ1n) is 8.97. The van der Waals surface area contributed by atoms with E-state index in [1.165, 1.54) is 0 Å². The van der Waals surface area contributed by atoms with Crippen LogP contribution in [-0.4, -0.2) is 41.3 Å². The number of ether oxygens (including phenoxy) is 1. The zero-order valence-corrected chi connectivity index (χ0v) is 16.9. The van der Waals surface area contributed by atoms with Gasteiger partial charge < -0.3 is 15.4 Å². The highest BCUT2D eigenvalue weighted by molar-refractivity contribution is 5.98. The summed E-state index contributed by atoms with van der Waals surface area (Å²) in [7, 11) is 1.64. The summed E-state index contributed by atoms with van der Waals surface area (Å²) < 4.78 is 5.13. The fraction of sp³-hybridized carbons (Fsp3) is 0.450. The molecular weight excluding hydrogens is 342 g/mol. The van der Waals surface area contributed by atoms with Crippen LogP contribution in [0.1, 0.15) is 33.3 Å². The van der Waals surface area contributed by atoms with Crippen LogP contribution in [0.5, 0.6) is 0 Å². The van der Waals surface area contributed by atoms with Crippen LogP contribution in [0.3, 0.4) is 0 Å². The largest absolute Gasteiger partial charge is 0.383 e. The topological polar surface area (TPSA) is 79.4 Å². The summed E-state index contributed by atoms with van der Waals surface area (Å²) in [5.74, 6) is 0.931. The minimum atomic E-state index is -0.374. The van der Waals surface area contributed by atoms with E-state index in [1.54, 1.807) is 24.3 Å². The van der Waals surface area contributed by atoms with Crippen molar-refractivity contribution in [3.63, 3.8) is 0 Å². The Morgan fingerprint density at radius 1 is 1.22 bits per heavy atom. The lowest BCUT2D eigenvalue weighted by Gasteiger charge is -2.28. The van der Waals surface area contributed by atoms with Crippen LogP contribution in [0.4, 0.5) is 22.2 Å². The van der Waals surface area contributed by atoms with E-state index in [2.05, 4.69) is 20.6 Å². The van der Waals surface area contributed by atoms with E-state index in [-0.39, 0.29) is 17.6 Å². The number of hydrogen-bond acceptors (Lipinski definition) is 5. The summed E-state index contributed by atoms with van der Waals surface area (Å²) in [5.41, 5.74) is 1.48. The van der Waals surface area contributed by atoms with Crippen molar-refractivity contribution >= 4 is 23.5 Å². The molecule has 2 aromatic rings. The highest BCUT2D eigenvalue weighted by Gasteiger charge is 2.24. The number of urea groups is 1. The summed E-state index contributed by atoms with van der Waals surface area (Å²) in [4.78, 5) is 23.3. The minimum Gasteiger partial charge on any atom is -0.383 e. The smallest absolute Gasteiger partial charge is 0.328 e. The maximum Gasteiger partial charge on any atom is 0.328 e. The molecule has 2 amide bonds. The summed E-state index contributed by atoms with van der Waals surface area (Å²) in [6, 6.07) is 9.25. The van der Waals surface area contributed by atoms with Crippen molar-refractivity contribution in [1.82, 2.24) is 15.3 Å². The first kappa shape index (κ1) is 20.6. The Bertz CT molecular complexity index is 756. The summed E-state index contributed by atoms with van der Waals surface area (Å²) in [5, 5.41) is 6.18. The van der Waals surface area contributed by atoms with Gasteiger partial charge >= 0.3 is 6.03 Å². The molecule has 1 heterocycles. The van der Waals surface area contributed by atoms with Gasteiger partial charge in [0.05, 0.1) is 12.3 Å². The Balaban J connectivity index is 2.38. The number of aromatic nitrogens is 2. The van der Waals surface area contributed by atoms with Crippen molar-refractivity contribution in [3.8, 4) is 0 Å². The van der Waals surface area contributed by atoms with E-state index in [0.29, 0.717) is 18.4 Å². The second-order valence-electron chi connectivity index (χ2n) is 7.59. The lowest BCUT2D eigenvalue weighted by atomic mass is 10.1. The van der Waals surface area contributed by atoms with Gasteiger partial charge in [0.25, 0.3) is 0 Å². The zero-order chi connectivity index (χ0) is 20.0. The summed E-state index contributed by atoms with van der Waals surface area (Å²) >= 11 is 0. The van der Waals surface area contributed by atoms with E-state index >= 15 is 0 Å². The van der Waals surface area contributed by atoms with Gasteiger partial charge in [0.15, 0.2) is 0 Å². The molecule has 0 spiro atoms. The number of amides is 2. The lowest BCUT2D eigenvalue weighted by Crippen LogP contribution is -2.47. The van der Waals surface area contributed by atoms with Crippen molar-refractivity contribution in [3.05, 3.63) is 42.1 Å². The number of anilines is 3. The molecule has 1 aromatic carbocycles. The average Bonchev–Trinajstić information content (AvgIpc) is 2.56. The summed E-state index contributed by atoms with van der Waals surface area (Å²) in [6.45, 7) is 10.3. The van der Waals surface area contributed by atoms with Crippen LogP contribution in [0.2, 0.25) is 0 Å². The van der Waals surface area contributed by atoms with Gasteiger partial charge in [-0.2, -0.15) is 4.98 Å².